The van der Waals surface area contributed by atoms with E-state index in [0.717, 1.165) is 18.4 Å². The smallest absolute Gasteiger partial charge is 0.224 e. The van der Waals surface area contributed by atoms with Gasteiger partial charge in [-0.1, -0.05) is 72.8 Å². The zero-order chi connectivity index (χ0) is 15.4. The molecule has 0 spiro atoms. The minimum atomic E-state index is -0.258. The van der Waals surface area contributed by atoms with Crippen LogP contribution in [0.15, 0.2) is 72.8 Å². The van der Waals surface area contributed by atoms with Gasteiger partial charge in [0.1, 0.15) is 0 Å². The number of benzene rings is 3. The summed E-state index contributed by atoms with van der Waals surface area (Å²) in [6.45, 7) is 0. The van der Waals surface area contributed by atoms with E-state index < -0.39 is 0 Å². The first kappa shape index (κ1) is 14.3. The molecule has 0 heterocycles. The number of primary amides is 1. The number of aryl methyl sites for hydroxylation is 1. The van der Waals surface area contributed by atoms with E-state index in [-0.39, 0.29) is 11.8 Å². The normalized spacial score (nSPS) is 12.2. The van der Waals surface area contributed by atoms with Gasteiger partial charge in [-0.05, 0) is 34.7 Å². The average molecular weight is 289 g/mol. The van der Waals surface area contributed by atoms with E-state index >= 15 is 0 Å². The molecule has 1 atom stereocenters. The molecular weight excluding hydrogens is 270 g/mol. The van der Waals surface area contributed by atoms with Crippen molar-refractivity contribution in [2.24, 2.45) is 5.73 Å². The summed E-state index contributed by atoms with van der Waals surface area (Å²) in [6, 6.07) is 24.4. The molecule has 3 aromatic rings. The van der Waals surface area contributed by atoms with E-state index in [2.05, 4.69) is 36.4 Å². The first-order valence-electron chi connectivity index (χ1n) is 7.56. The molecule has 0 saturated heterocycles. The van der Waals surface area contributed by atoms with E-state index in [1.807, 2.05) is 36.4 Å². The van der Waals surface area contributed by atoms with Crippen LogP contribution in [0, 0.1) is 0 Å². The van der Waals surface area contributed by atoms with Gasteiger partial charge in [0, 0.05) is 0 Å². The standard InChI is InChI=1S/C20H19NO/c21-20(22)19(16-7-2-1-3-8-16)14-13-17-11-6-10-15-9-4-5-12-18(15)17/h1-12,19H,13-14H2,(H2,21,22). The second-order valence-electron chi connectivity index (χ2n) is 5.54. The van der Waals surface area contributed by atoms with E-state index in [1.54, 1.807) is 0 Å². The van der Waals surface area contributed by atoms with Crippen molar-refractivity contribution in [1.29, 1.82) is 0 Å². The van der Waals surface area contributed by atoms with Gasteiger partial charge in [0.2, 0.25) is 5.91 Å². The van der Waals surface area contributed by atoms with Gasteiger partial charge in [0.05, 0.1) is 5.92 Å². The predicted octanol–water partition coefficient (Wildman–Crippen LogP) is 4.04. The van der Waals surface area contributed by atoms with Crippen LogP contribution >= 0.6 is 0 Å². The quantitative estimate of drug-likeness (QED) is 0.756. The molecule has 0 aliphatic carbocycles. The lowest BCUT2D eigenvalue weighted by atomic mass is 9.90. The van der Waals surface area contributed by atoms with Gasteiger partial charge >= 0.3 is 0 Å². The third kappa shape index (κ3) is 3.01. The molecule has 0 aliphatic rings. The molecular formula is C20H19NO. The van der Waals surface area contributed by atoms with Gasteiger partial charge in [-0.2, -0.15) is 0 Å². The summed E-state index contributed by atoms with van der Waals surface area (Å²) >= 11 is 0. The van der Waals surface area contributed by atoms with Gasteiger partial charge in [-0.15, -0.1) is 0 Å². The molecule has 110 valence electrons. The highest BCUT2D eigenvalue weighted by atomic mass is 16.1. The Hall–Kier alpha value is -2.61. The average Bonchev–Trinajstić information content (AvgIpc) is 2.56. The van der Waals surface area contributed by atoms with Crippen LogP contribution in [-0.2, 0) is 11.2 Å². The van der Waals surface area contributed by atoms with Crippen molar-refractivity contribution in [1.82, 2.24) is 0 Å². The summed E-state index contributed by atoms with van der Waals surface area (Å²) in [5.74, 6) is -0.494. The molecule has 0 saturated carbocycles. The molecule has 22 heavy (non-hydrogen) atoms. The van der Waals surface area contributed by atoms with E-state index in [0.29, 0.717) is 0 Å². The first-order chi connectivity index (χ1) is 10.8. The highest BCUT2D eigenvalue weighted by Gasteiger charge is 2.17. The lowest BCUT2D eigenvalue weighted by molar-refractivity contribution is -0.119. The van der Waals surface area contributed by atoms with Gasteiger partial charge < -0.3 is 5.73 Å². The van der Waals surface area contributed by atoms with Crippen molar-refractivity contribution < 1.29 is 4.79 Å². The Balaban J connectivity index is 1.84. The van der Waals surface area contributed by atoms with Gasteiger partial charge in [0.15, 0.2) is 0 Å². The molecule has 0 fully saturated rings. The Morgan fingerprint density at radius 3 is 2.32 bits per heavy atom. The Morgan fingerprint density at radius 2 is 1.55 bits per heavy atom. The van der Waals surface area contributed by atoms with Crippen molar-refractivity contribution in [2.75, 3.05) is 0 Å². The van der Waals surface area contributed by atoms with Crippen LogP contribution in [-0.4, -0.2) is 5.91 Å². The van der Waals surface area contributed by atoms with Crippen molar-refractivity contribution in [3.63, 3.8) is 0 Å². The summed E-state index contributed by atoms with van der Waals surface area (Å²) < 4.78 is 0. The van der Waals surface area contributed by atoms with E-state index in [9.17, 15) is 4.79 Å². The van der Waals surface area contributed by atoms with Crippen LogP contribution in [0.3, 0.4) is 0 Å². The summed E-state index contributed by atoms with van der Waals surface area (Å²) in [7, 11) is 0. The van der Waals surface area contributed by atoms with Gasteiger partial charge in [-0.3, -0.25) is 4.79 Å². The monoisotopic (exact) mass is 289 g/mol. The van der Waals surface area contributed by atoms with Crippen LogP contribution in [0.1, 0.15) is 23.5 Å². The SMILES string of the molecule is NC(=O)C(CCc1cccc2ccccc12)c1ccccc1. The zero-order valence-corrected chi connectivity index (χ0v) is 12.4. The number of rotatable bonds is 5. The minimum Gasteiger partial charge on any atom is -0.369 e. The Bertz CT molecular complexity index is 775. The lowest BCUT2D eigenvalue weighted by Gasteiger charge is -2.14. The second kappa shape index (κ2) is 6.44. The third-order valence-corrected chi connectivity index (χ3v) is 4.13. The second-order valence-corrected chi connectivity index (χ2v) is 5.54. The number of hydrogen-bond acceptors (Lipinski definition) is 1. The van der Waals surface area contributed by atoms with Crippen molar-refractivity contribution in [2.45, 2.75) is 18.8 Å². The molecule has 1 unspecified atom stereocenters. The Labute approximate surface area is 130 Å². The van der Waals surface area contributed by atoms with Crippen molar-refractivity contribution in [3.8, 4) is 0 Å². The molecule has 2 N–H and O–H groups in total. The Morgan fingerprint density at radius 1 is 0.864 bits per heavy atom. The number of carbonyl (C=O) groups excluding carboxylic acids is 1. The van der Waals surface area contributed by atoms with Crippen LogP contribution < -0.4 is 5.73 Å². The minimum absolute atomic E-state index is 0.236. The molecule has 1 amide bonds. The lowest BCUT2D eigenvalue weighted by Crippen LogP contribution is -2.22. The number of amides is 1. The Kier molecular flexibility index (Phi) is 4.19. The molecule has 3 aromatic carbocycles. The fourth-order valence-electron chi connectivity index (χ4n) is 2.97. The first-order valence-corrected chi connectivity index (χ1v) is 7.56. The van der Waals surface area contributed by atoms with E-state index in [4.69, 9.17) is 5.73 Å². The summed E-state index contributed by atoms with van der Waals surface area (Å²) in [5.41, 5.74) is 7.87. The number of fused-ring (bicyclic) bond motifs is 1. The van der Waals surface area contributed by atoms with Gasteiger partial charge in [0.25, 0.3) is 0 Å². The third-order valence-electron chi connectivity index (χ3n) is 4.13. The fourth-order valence-corrected chi connectivity index (χ4v) is 2.97. The van der Waals surface area contributed by atoms with Crippen LogP contribution in [0.5, 0.6) is 0 Å². The predicted molar refractivity (Wildman–Crippen MR) is 90.6 cm³/mol. The summed E-state index contributed by atoms with van der Waals surface area (Å²) in [6.07, 6.45) is 1.57. The van der Waals surface area contributed by atoms with Crippen molar-refractivity contribution >= 4 is 16.7 Å². The zero-order valence-electron chi connectivity index (χ0n) is 12.4. The molecule has 0 aliphatic heterocycles. The number of carbonyl (C=O) groups is 1. The maximum Gasteiger partial charge on any atom is 0.224 e. The molecule has 0 bridgehead atoms. The highest BCUT2D eigenvalue weighted by molar-refractivity contribution is 5.86. The molecule has 0 aromatic heterocycles. The molecule has 0 radical (unpaired) electrons. The summed E-state index contributed by atoms with van der Waals surface area (Å²) in [5, 5.41) is 2.48. The maximum atomic E-state index is 11.8. The summed E-state index contributed by atoms with van der Waals surface area (Å²) in [4.78, 5) is 11.8. The van der Waals surface area contributed by atoms with Gasteiger partial charge in [-0.25, -0.2) is 0 Å². The van der Waals surface area contributed by atoms with Crippen LogP contribution in [0.25, 0.3) is 10.8 Å². The largest absolute Gasteiger partial charge is 0.369 e. The maximum absolute atomic E-state index is 11.8. The molecule has 2 heteroatoms. The highest BCUT2D eigenvalue weighted by Crippen LogP contribution is 2.25. The van der Waals surface area contributed by atoms with Crippen LogP contribution in [0.4, 0.5) is 0 Å². The number of nitrogens with two attached hydrogens (primary N) is 1. The van der Waals surface area contributed by atoms with Crippen LogP contribution in [0.2, 0.25) is 0 Å². The molecule has 2 nitrogen and oxygen atoms in total. The fraction of sp³-hybridized carbons (Fsp3) is 0.150. The van der Waals surface area contributed by atoms with Crippen molar-refractivity contribution in [3.05, 3.63) is 83.9 Å². The topological polar surface area (TPSA) is 43.1 Å². The number of hydrogen-bond donors (Lipinski definition) is 1. The van der Waals surface area contributed by atoms with E-state index in [1.165, 1.54) is 16.3 Å². The molecule has 3 rings (SSSR count).